The fraction of sp³-hybridized carbons (Fsp3) is 0.720. The lowest BCUT2D eigenvalue weighted by atomic mass is 9.90. The molecule has 2 aliphatic rings. The van der Waals surface area contributed by atoms with E-state index in [4.69, 9.17) is 0 Å². The van der Waals surface area contributed by atoms with Crippen LogP contribution in [0.2, 0.25) is 0 Å². The quantitative estimate of drug-likeness (QED) is 0.325. The van der Waals surface area contributed by atoms with Gasteiger partial charge in [0.05, 0.1) is 6.54 Å². The average Bonchev–Trinajstić information content (AvgIpc) is 2.80. The molecule has 0 bridgehead atoms. The molecule has 7 heteroatoms. The molecule has 2 fully saturated rings. The zero-order valence-electron chi connectivity index (χ0n) is 19.6. The topological polar surface area (TPSA) is 42.9 Å². The van der Waals surface area contributed by atoms with Crippen molar-refractivity contribution in [3.63, 3.8) is 0 Å². The maximum atomic E-state index is 12.5. The van der Waals surface area contributed by atoms with E-state index in [1.807, 2.05) is 4.90 Å². The van der Waals surface area contributed by atoms with Crippen LogP contribution < -0.4 is 10.6 Å². The molecule has 3 rings (SSSR count). The molecule has 0 spiro atoms. The second-order valence-corrected chi connectivity index (χ2v) is 9.29. The molecule has 32 heavy (non-hydrogen) atoms. The van der Waals surface area contributed by atoms with Crippen LogP contribution >= 0.6 is 0 Å². The van der Waals surface area contributed by atoms with E-state index >= 15 is 0 Å². The molecule has 1 aromatic carbocycles. The predicted molar refractivity (Wildman–Crippen MR) is 129 cm³/mol. The molecule has 0 radical (unpaired) electrons. The standard InChI is InChI=1S/C25H41F2N5/c1-28-25(30-23-11-17-32(18-12-23)20-24(26)27)29-13-5-6-14-31-15-9-22(10-16-31)19-21-7-3-2-4-8-21/h2-4,7-8,22-24H,5-6,9-20H2,1H3,(H2,28,29,30). The minimum Gasteiger partial charge on any atom is -0.356 e. The van der Waals surface area contributed by atoms with Crippen molar-refractivity contribution in [2.24, 2.45) is 10.9 Å². The van der Waals surface area contributed by atoms with Gasteiger partial charge in [-0.1, -0.05) is 30.3 Å². The minimum atomic E-state index is -2.24. The Morgan fingerprint density at radius 1 is 1.00 bits per heavy atom. The van der Waals surface area contributed by atoms with Gasteiger partial charge in [0.25, 0.3) is 6.43 Å². The summed E-state index contributed by atoms with van der Waals surface area (Å²) < 4.78 is 25.0. The van der Waals surface area contributed by atoms with Gasteiger partial charge in [-0.2, -0.15) is 0 Å². The van der Waals surface area contributed by atoms with Crippen molar-refractivity contribution in [2.75, 3.05) is 52.9 Å². The summed E-state index contributed by atoms with van der Waals surface area (Å²) >= 11 is 0. The van der Waals surface area contributed by atoms with Crippen LogP contribution in [0.4, 0.5) is 8.78 Å². The number of halogens is 2. The molecule has 2 aliphatic heterocycles. The zero-order chi connectivity index (χ0) is 22.6. The molecule has 0 amide bonds. The molecule has 0 saturated carbocycles. The van der Waals surface area contributed by atoms with Crippen LogP contribution in [0.25, 0.3) is 0 Å². The summed E-state index contributed by atoms with van der Waals surface area (Å²) in [5.41, 5.74) is 1.47. The Morgan fingerprint density at radius 2 is 1.69 bits per heavy atom. The first-order valence-electron chi connectivity index (χ1n) is 12.4. The number of likely N-dealkylation sites (tertiary alicyclic amines) is 2. The fourth-order valence-corrected chi connectivity index (χ4v) is 4.87. The Morgan fingerprint density at radius 3 is 2.34 bits per heavy atom. The Kier molecular flexibility index (Phi) is 10.7. The Labute approximate surface area is 192 Å². The monoisotopic (exact) mass is 449 g/mol. The summed E-state index contributed by atoms with van der Waals surface area (Å²) in [6.45, 7) is 5.87. The van der Waals surface area contributed by atoms with E-state index in [0.717, 1.165) is 50.8 Å². The zero-order valence-corrected chi connectivity index (χ0v) is 19.6. The third-order valence-corrected chi connectivity index (χ3v) is 6.82. The van der Waals surface area contributed by atoms with E-state index in [1.54, 1.807) is 7.05 Å². The predicted octanol–water partition coefficient (Wildman–Crippen LogP) is 3.62. The van der Waals surface area contributed by atoms with E-state index in [-0.39, 0.29) is 6.54 Å². The number of nitrogens with zero attached hydrogens (tertiary/aromatic N) is 3. The van der Waals surface area contributed by atoms with Gasteiger partial charge in [-0.3, -0.25) is 9.89 Å². The molecule has 0 aliphatic carbocycles. The van der Waals surface area contributed by atoms with Gasteiger partial charge in [-0.25, -0.2) is 8.78 Å². The number of hydrogen-bond acceptors (Lipinski definition) is 3. The van der Waals surface area contributed by atoms with Crippen LogP contribution in [-0.2, 0) is 6.42 Å². The number of piperidine rings is 2. The van der Waals surface area contributed by atoms with E-state index in [9.17, 15) is 8.78 Å². The van der Waals surface area contributed by atoms with Crippen molar-refractivity contribution in [1.29, 1.82) is 0 Å². The van der Waals surface area contributed by atoms with Crippen LogP contribution in [-0.4, -0.2) is 81.1 Å². The molecule has 0 atom stereocenters. The summed E-state index contributed by atoms with van der Waals surface area (Å²) in [6.07, 6.45) is 5.67. The fourth-order valence-electron chi connectivity index (χ4n) is 4.87. The first-order chi connectivity index (χ1) is 15.6. The highest BCUT2D eigenvalue weighted by Gasteiger charge is 2.22. The highest BCUT2D eigenvalue weighted by Crippen LogP contribution is 2.21. The summed E-state index contributed by atoms with van der Waals surface area (Å²) in [6, 6.07) is 11.2. The number of alkyl halides is 2. The number of unbranched alkanes of at least 4 members (excludes halogenated alkanes) is 1. The lowest BCUT2D eigenvalue weighted by molar-refractivity contribution is 0.0744. The number of guanidine groups is 1. The lowest BCUT2D eigenvalue weighted by Crippen LogP contribution is -2.49. The minimum absolute atomic E-state index is 0.107. The largest absolute Gasteiger partial charge is 0.356 e. The van der Waals surface area contributed by atoms with Crippen molar-refractivity contribution in [2.45, 2.75) is 57.4 Å². The van der Waals surface area contributed by atoms with Crippen LogP contribution in [0.3, 0.4) is 0 Å². The second-order valence-electron chi connectivity index (χ2n) is 9.29. The van der Waals surface area contributed by atoms with Crippen molar-refractivity contribution < 1.29 is 8.78 Å². The molecular formula is C25H41F2N5. The van der Waals surface area contributed by atoms with E-state index < -0.39 is 6.43 Å². The maximum absolute atomic E-state index is 12.5. The third-order valence-electron chi connectivity index (χ3n) is 6.82. The first-order valence-corrected chi connectivity index (χ1v) is 12.4. The molecule has 180 valence electrons. The molecule has 2 heterocycles. The van der Waals surface area contributed by atoms with Crippen molar-refractivity contribution in [3.8, 4) is 0 Å². The van der Waals surface area contributed by atoms with Gasteiger partial charge in [0.1, 0.15) is 0 Å². The van der Waals surface area contributed by atoms with Crippen molar-refractivity contribution in [3.05, 3.63) is 35.9 Å². The smallest absolute Gasteiger partial charge is 0.251 e. The van der Waals surface area contributed by atoms with Gasteiger partial charge in [-0.15, -0.1) is 0 Å². The van der Waals surface area contributed by atoms with Crippen molar-refractivity contribution in [1.82, 2.24) is 20.4 Å². The highest BCUT2D eigenvalue weighted by molar-refractivity contribution is 5.79. The Bertz CT molecular complexity index is 654. The van der Waals surface area contributed by atoms with Gasteiger partial charge in [-0.05, 0) is 76.1 Å². The molecule has 2 saturated heterocycles. The molecule has 0 aromatic heterocycles. The summed E-state index contributed by atoms with van der Waals surface area (Å²) in [4.78, 5) is 8.79. The van der Waals surface area contributed by atoms with Gasteiger partial charge < -0.3 is 15.5 Å². The van der Waals surface area contributed by atoms with Crippen LogP contribution in [0.15, 0.2) is 35.3 Å². The molecular weight excluding hydrogens is 408 g/mol. The van der Waals surface area contributed by atoms with Crippen LogP contribution in [0.5, 0.6) is 0 Å². The number of aliphatic imine (C=N–C) groups is 1. The average molecular weight is 450 g/mol. The van der Waals surface area contributed by atoms with E-state index in [0.29, 0.717) is 6.04 Å². The maximum Gasteiger partial charge on any atom is 0.251 e. The van der Waals surface area contributed by atoms with Gasteiger partial charge in [0.2, 0.25) is 0 Å². The molecule has 2 N–H and O–H groups in total. The number of benzene rings is 1. The second kappa shape index (κ2) is 13.7. The molecule has 5 nitrogen and oxygen atoms in total. The van der Waals surface area contributed by atoms with Gasteiger partial charge in [0, 0.05) is 32.7 Å². The van der Waals surface area contributed by atoms with E-state index in [1.165, 1.54) is 50.9 Å². The number of rotatable bonds is 10. The van der Waals surface area contributed by atoms with E-state index in [2.05, 4.69) is 50.9 Å². The third kappa shape index (κ3) is 9.02. The van der Waals surface area contributed by atoms with Crippen molar-refractivity contribution >= 4 is 5.96 Å². The molecule has 0 unspecified atom stereocenters. The normalized spacial score (nSPS) is 20.1. The summed E-state index contributed by atoms with van der Waals surface area (Å²) in [5.74, 6) is 1.66. The van der Waals surface area contributed by atoms with Gasteiger partial charge in [0.15, 0.2) is 5.96 Å². The SMILES string of the molecule is CN=C(NCCCCN1CCC(Cc2ccccc2)CC1)NC1CCN(CC(F)F)CC1. The Hall–Kier alpha value is -1.73. The summed E-state index contributed by atoms with van der Waals surface area (Å²) in [5, 5.41) is 6.88. The van der Waals surface area contributed by atoms with Crippen LogP contribution in [0.1, 0.15) is 44.1 Å². The number of hydrogen-bond donors (Lipinski definition) is 2. The molecule has 1 aromatic rings. The number of nitrogens with one attached hydrogen (secondary N) is 2. The Balaban J connectivity index is 1.22. The van der Waals surface area contributed by atoms with Crippen LogP contribution in [0, 0.1) is 5.92 Å². The highest BCUT2D eigenvalue weighted by atomic mass is 19.3. The summed E-state index contributed by atoms with van der Waals surface area (Å²) in [7, 11) is 1.79. The van der Waals surface area contributed by atoms with Gasteiger partial charge >= 0.3 is 0 Å². The lowest BCUT2D eigenvalue weighted by Gasteiger charge is -2.33. The first kappa shape index (κ1) is 24.9.